The van der Waals surface area contributed by atoms with Gasteiger partial charge in [-0.1, -0.05) is 18.2 Å². The summed E-state index contributed by atoms with van der Waals surface area (Å²) in [5, 5.41) is 12.3. The molecule has 5 nitrogen and oxygen atoms in total. The summed E-state index contributed by atoms with van der Waals surface area (Å²) in [7, 11) is 0. The molecule has 5 heteroatoms. The van der Waals surface area contributed by atoms with Crippen molar-refractivity contribution in [1.29, 1.82) is 0 Å². The van der Waals surface area contributed by atoms with Crippen molar-refractivity contribution in [3.05, 3.63) is 35.5 Å². The van der Waals surface area contributed by atoms with E-state index in [1.54, 1.807) is 0 Å². The third-order valence-corrected chi connectivity index (χ3v) is 3.26. The van der Waals surface area contributed by atoms with Crippen LogP contribution in [0.1, 0.15) is 24.1 Å². The molecule has 1 aromatic heterocycles. The van der Waals surface area contributed by atoms with Gasteiger partial charge in [-0.2, -0.15) is 0 Å². The number of aliphatic carboxylic acids is 1. The van der Waals surface area contributed by atoms with Gasteiger partial charge in [0.05, 0.1) is 0 Å². The minimum absolute atomic E-state index is 0.253. The average Bonchev–Trinajstić information content (AvgIpc) is 2.92. The summed E-state index contributed by atoms with van der Waals surface area (Å²) in [4.78, 5) is 25.7. The number of benzene rings is 1. The second-order valence-corrected chi connectivity index (χ2v) is 4.50. The number of carboxylic acids is 1. The molecule has 1 aliphatic rings. The van der Waals surface area contributed by atoms with Crippen LogP contribution >= 0.6 is 0 Å². The molecule has 1 aromatic carbocycles. The minimum Gasteiger partial charge on any atom is -0.480 e. The first-order chi connectivity index (χ1) is 8.59. The zero-order chi connectivity index (χ0) is 12.9. The lowest BCUT2D eigenvalue weighted by Gasteiger charge is -2.08. The van der Waals surface area contributed by atoms with Crippen LogP contribution in [-0.2, 0) is 9.59 Å². The molecule has 0 spiro atoms. The Bertz CT molecular complexity index is 659. The molecule has 0 bridgehead atoms. The number of amides is 1. The molecular weight excluding hydrogens is 232 g/mol. The van der Waals surface area contributed by atoms with E-state index in [1.807, 2.05) is 24.3 Å². The van der Waals surface area contributed by atoms with Gasteiger partial charge in [0.25, 0.3) is 0 Å². The maximum absolute atomic E-state index is 11.9. The number of hydrogen-bond donors (Lipinski definition) is 3. The normalized spacial score (nSPS) is 18.2. The minimum atomic E-state index is -1.03. The first-order valence-corrected chi connectivity index (χ1v) is 5.73. The van der Waals surface area contributed by atoms with Gasteiger partial charge >= 0.3 is 5.97 Å². The first kappa shape index (κ1) is 10.8. The largest absolute Gasteiger partial charge is 0.480 e. The van der Waals surface area contributed by atoms with E-state index in [1.165, 1.54) is 6.92 Å². The molecule has 1 amide bonds. The summed E-state index contributed by atoms with van der Waals surface area (Å²) in [6.07, 6.45) is 0. The fraction of sp³-hybridized carbons (Fsp3) is 0.231. The number of H-pyrrole nitrogens is 1. The number of nitrogens with one attached hydrogen (secondary N) is 2. The van der Waals surface area contributed by atoms with Crippen LogP contribution in [0, 0.1) is 0 Å². The number of rotatable bonds is 3. The highest BCUT2D eigenvalue weighted by atomic mass is 16.4. The van der Waals surface area contributed by atoms with Crippen molar-refractivity contribution in [3.8, 4) is 0 Å². The molecular formula is C13H12N2O3. The van der Waals surface area contributed by atoms with Crippen molar-refractivity contribution >= 4 is 22.8 Å². The highest BCUT2D eigenvalue weighted by molar-refractivity contribution is 6.04. The van der Waals surface area contributed by atoms with Crippen LogP contribution in [0.3, 0.4) is 0 Å². The Morgan fingerprint density at radius 3 is 2.83 bits per heavy atom. The van der Waals surface area contributed by atoms with Gasteiger partial charge in [0, 0.05) is 22.2 Å². The molecule has 0 radical (unpaired) electrons. The van der Waals surface area contributed by atoms with E-state index in [9.17, 15) is 9.59 Å². The van der Waals surface area contributed by atoms with Crippen LogP contribution < -0.4 is 5.32 Å². The number of hydrogen-bond acceptors (Lipinski definition) is 2. The number of aromatic amines is 1. The third-order valence-electron chi connectivity index (χ3n) is 3.26. The summed E-state index contributed by atoms with van der Waals surface area (Å²) < 4.78 is 0. The zero-order valence-corrected chi connectivity index (χ0v) is 9.73. The van der Waals surface area contributed by atoms with E-state index in [0.717, 1.165) is 22.2 Å². The summed E-state index contributed by atoms with van der Waals surface area (Å²) >= 11 is 0. The van der Waals surface area contributed by atoms with Gasteiger partial charge in [0.1, 0.15) is 12.0 Å². The van der Waals surface area contributed by atoms with E-state index < -0.39 is 12.0 Å². The molecule has 3 N–H and O–H groups in total. The van der Waals surface area contributed by atoms with Gasteiger partial charge in [-0.3, -0.25) is 9.59 Å². The molecule has 0 aliphatic heterocycles. The van der Waals surface area contributed by atoms with Crippen molar-refractivity contribution in [3.63, 3.8) is 0 Å². The number of aromatic nitrogens is 1. The Morgan fingerprint density at radius 1 is 1.39 bits per heavy atom. The second kappa shape index (κ2) is 3.60. The molecule has 0 saturated heterocycles. The van der Waals surface area contributed by atoms with Crippen molar-refractivity contribution in [2.75, 3.05) is 0 Å². The predicted molar refractivity (Wildman–Crippen MR) is 65.4 cm³/mol. The van der Waals surface area contributed by atoms with Gasteiger partial charge in [0.15, 0.2) is 0 Å². The molecule has 1 unspecified atom stereocenters. The standard InChI is InChI=1S/C13H12N2O3/c1-6(13(17)18)14-12(16)10-9-7-4-2-3-5-8(7)15-11(9)10/h2-6,10,15H,1H3,(H,14,16)(H,17,18)/t6-,10?/m0/s1. The average molecular weight is 244 g/mol. The molecule has 2 atom stereocenters. The van der Waals surface area contributed by atoms with Crippen LogP contribution in [0.15, 0.2) is 24.3 Å². The van der Waals surface area contributed by atoms with Crippen molar-refractivity contribution in [1.82, 2.24) is 10.3 Å². The fourth-order valence-electron chi connectivity index (χ4n) is 2.25. The van der Waals surface area contributed by atoms with E-state index in [4.69, 9.17) is 5.11 Å². The van der Waals surface area contributed by atoms with Crippen LogP contribution in [-0.4, -0.2) is 28.0 Å². The zero-order valence-electron chi connectivity index (χ0n) is 9.73. The quantitative estimate of drug-likeness (QED) is 0.758. The lowest BCUT2D eigenvalue weighted by molar-refractivity contribution is -0.141. The van der Waals surface area contributed by atoms with Crippen LogP contribution in [0.25, 0.3) is 10.9 Å². The molecule has 0 fully saturated rings. The molecule has 1 heterocycles. The Labute approximate surface area is 103 Å². The van der Waals surface area contributed by atoms with Crippen molar-refractivity contribution in [2.45, 2.75) is 18.9 Å². The lowest BCUT2D eigenvalue weighted by atomic mass is 10.2. The van der Waals surface area contributed by atoms with E-state index in [0.29, 0.717) is 0 Å². The van der Waals surface area contributed by atoms with E-state index in [-0.39, 0.29) is 11.8 Å². The first-order valence-electron chi connectivity index (χ1n) is 5.73. The number of carbonyl (C=O) groups is 2. The van der Waals surface area contributed by atoms with Gasteiger partial charge in [0.2, 0.25) is 5.91 Å². The summed E-state index contributed by atoms with van der Waals surface area (Å²) in [6, 6.07) is 6.90. The Hall–Kier alpha value is -2.30. The van der Waals surface area contributed by atoms with Crippen LogP contribution in [0.2, 0.25) is 0 Å². The van der Waals surface area contributed by atoms with Crippen LogP contribution in [0.4, 0.5) is 0 Å². The smallest absolute Gasteiger partial charge is 0.325 e. The maximum Gasteiger partial charge on any atom is 0.325 e. The topological polar surface area (TPSA) is 82.2 Å². The van der Waals surface area contributed by atoms with Gasteiger partial charge in [-0.15, -0.1) is 0 Å². The highest BCUT2D eigenvalue weighted by Crippen LogP contribution is 2.47. The van der Waals surface area contributed by atoms with Gasteiger partial charge in [-0.05, 0) is 13.0 Å². The molecule has 2 aromatic rings. The van der Waals surface area contributed by atoms with E-state index >= 15 is 0 Å². The van der Waals surface area contributed by atoms with Gasteiger partial charge < -0.3 is 15.4 Å². The molecule has 18 heavy (non-hydrogen) atoms. The Kier molecular flexibility index (Phi) is 2.16. The SMILES string of the molecule is C[C@H](NC(=O)C1c2[nH]c3ccccc3c21)C(=O)O. The van der Waals surface area contributed by atoms with Crippen LogP contribution in [0.5, 0.6) is 0 Å². The fourth-order valence-corrected chi connectivity index (χ4v) is 2.25. The number of carbonyl (C=O) groups excluding carboxylic acids is 1. The predicted octanol–water partition coefficient (Wildman–Crippen LogP) is 1.20. The Balaban J connectivity index is 1.80. The summed E-state index contributed by atoms with van der Waals surface area (Å²) in [5.41, 5.74) is 2.89. The number of fused-ring (bicyclic) bond motifs is 3. The number of carboxylic acid groups (broad SMARTS) is 1. The van der Waals surface area contributed by atoms with Gasteiger partial charge in [-0.25, -0.2) is 0 Å². The van der Waals surface area contributed by atoms with E-state index in [2.05, 4.69) is 10.3 Å². The third kappa shape index (κ3) is 1.48. The molecule has 92 valence electrons. The molecule has 0 saturated carbocycles. The summed E-state index contributed by atoms with van der Waals surface area (Å²) in [6.45, 7) is 1.45. The number of para-hydroxylation sites is 1. The molecule has 3 rings (SSSR count). The van der Waals surface area contributed by atoms with Crippen molar-refractivity contribution < 1.29 is 14.7 Å². The molecule has 1 aliphatic carbocycles. The monoisotopic (exact) mass is 244 g/mol. The van der Waals surface area contributed by atoms with Crippen molar-refractivity contribution in [2.24, 2.45) is 0 Å². The summed E-state index contributed by atoms with van der Waals surface area (Å²) in [5.74, 6) is -1.59. The maximum atomic E-state index is 11.9. The lowest BCUT2D eigenvalue weighted by Crippen LogP contribution is -2.39. The Morgan fingerprint density at radius 2 is 2.11 bits per heavy atom. The highest BCUT2D eigenvalue weighted by Gasteiger charge is 2.43. The second-order valence-electron chi connectivity index (χ2n) is 4.50.